The maximum absolute atomic E-state index is 3.57. The van der Waals surface area contributed by atoms with Crippen molar-refractivity contribution >= 4 is 0 Å². The van der Waals surface area contributed by atoms with Crippen LogP contribution in [-0.2, 0) is 0 Å². The van der Waals surface area contributed by atoms with Gasteiger partial charge < -0.3 is 10.6 Å². The topological polar surface area (TPSA) is 24.1 Å². The van der Waals surface area contributed by atoms with Gasteiger partial charge in [0.2, 0.25) is 0 Å². The maximum Gasteiger partial charge on any atom is 0.0317 e. The highest BCUT2D eigenvalue weighted by molar-refractivity contribution is 4.80. The summed E-state index contributed by atoms with van der Waals surface area (Å²) in [6.07, 6.45) is 11.4. The van der Waals surface area contributed by atoms with E-state index < -0.39 is 0 Å². The van der Waals surface area contributed by atoms with Crippen LogP contribution in [0.2, 0.25) is 0 Å². The highest BCUT2D eigenvalue weighted by atomic mass is 15.1. The van der Waals surface area contributed by atoms with Gasteiger partial charge in [-0.05, 0) is 13.0 Å². The van der Waals surface area contributed by atoms with Crippen molar-refractivity contribution in [3.05, 3.63) is 0 Å². The van der Waals surface area contributed by atoms with E-state index in [9.17, 15) is 0 Å². The number of hydrogen-bond donors (Lipinski definition) is 2. The fourth-order valence-electron chi connectivity index (χ4n) is 2.00. The van der Waals surface area contributed by atoms with Crippen molar-refractivity contribution in [1.29, 1.82) is 0 Å². The second-order valence-corrected chi connectivity index (χ2v) is 4.78. The van der Waals surface area contributed by atoms with Gasteiger partial charge >= 0.3 is 0 Å². The molecule has 0 bridgehead atoms. The predicted molar refractivity (Wildman–Crippen MR) is 67.3 cm³/mol. The zero-order valence-electron chi connectivity index (χ0n) is 10.4. The summed E-state index contributed by atoms with van der Waals surface area (Å²) in [5.74, 6) is 0. The molecule has 2 nitrogen and oxygen atoms in total. The van der Waals surface area contributed by atoms with Gasteiger partial charge in [0, 0.05) is 19.1 Å². The average Bonchev–Trinajstić information content (AvgIpc) is 2.18. The smallest absolute Gasteiger partial charge is 0.0317 e. The fourth-order valence-corrected chi connectivity index (χ4v) is 2.00. The van der Waals surface area contributed by atoms with Gasteiger partial charge in [-0.15, -0.1) is 0 Å². The Morgan fingerprint density at radius 3 is 2.07 bits per heavy atom. The molecule has 0 aromatic rings. The Morgan fingerprint density at radius 2 is 1.53 bits per heavy atom. The number of rotatable bonds is 10. The van der Waals surface area contributed by atoms with Crippen molar-refractivity contribution in [2.45, 2.75) is 64.3 Å². The van der Waals surface area contributed by atoms with Gasteiger partial charge in [0.05, 0.1) is 0 Å². The molecule has 0 radical (unpaired) electrons. The summed E-state index contributed by atoms with van der Waals surface area (Å²) in [5.41, 5.74) is 0. The van der Waals surface area contributed by atoms with Crippen molar-refractivity contribution in [2.24, 2.45) is 0 Å². The maximum atomic E-state index is 3.57. The molecule has 0 unspecified atom stereocenters. The number of nitrogens with one attached hydrogen (secondary N) is 2. The van der Waals surface area contributed by atoms with Gasteiger partial charge in [0.25, 0.3) is 0 Å². The van der Waals surface area contributed by atoms with Crippen LogP contribution in [-0.4, -0.2) is 25.7 Å². The van der Waals surface area contributed by atoms with Crippen LogP contribution in [0.5, 0.6) is 0 Å². The highest BCUT2D eigenvalue weighted by Gasteiger charge is 2.14. The monoisotopic (exact) mass is 212 g/mol. The van der Waals surface area contributed by atoms with E-state index in [1.54, 1.807) is 0 Å². The fraction of sp³-hybridized carbons (Fsp3) is 1.00. The molecule has 0 aromatic carbocycles. The van der Waals surface area contributed by atoms with Crippen LogP contribution in [0.4, 0.5) is 0 Å². The van der Waals surface area contributed by atoms with E-state index in [0.29, 0.717) is 0 Å². The van der Waals surface area contributed by atoms with Crippen LogP contribution >= 0.6 is 0 Å². The number of hydrogen-bond acceptors (Lipinski definition) is 2. The van der Waals surface area contributed by atoms with Crippen molar-refractivity contribution in [3.63, 3.8) is 0 Å². The molecule has 1 aliphatic rings. The van der Waals surface area contributed by atoms with E-state index >= 15 is 0 Å². The molecule has 0 amide bonds. The van der Waals surface area contributed by atoms with Gasteiger partial charge in [-0.1, -0.05) is 51.9 Å². The first-order valence-corrected chi connectivity index (χ1v) is 6.87. The normalized spacial score (nSPS) is 16.6. The molecule has 0 aromatic heterocycles. The Hall–Kier alpha value is -0.0800. The standard InChI is InChI=1S/C13H28N2/c1-2-3-4-5-6-7-8-9-10-15-13-11-14-12-13/h13-15H,2-12H2,1H3. The summed E-state index contributed by atoms with van der Waals surface area (Å²) in [6.45, 7) is 5.86. The summed E-state index contributed by atoms with van der Waals surface area (Å²) in [4.78, 5) is 0. The molecule has 1 aliphatic heterocycles. The first kappa shape index (κ1) is 13.0. The average molecular weight is 212 g/mol. The molecule has 90 valence electrons. The molecule has 0 saturated carbocycles. The lowest BCUT2D eigenvalue weighted by molar-refractivity contribution is 0.363. The van der Waals surface area contributed by atoms with Crippen LogP contribution in [0.25, 0.3) is 0 Å². The van der Waals surface area contributed by atoms with Crippen molar-refractivity contribution in [1.82, 2.24) is 10.6 Å². The van der Waals surface area contributed by atoms with Gasteiger partial charge in [-0.25, -0.2) is 0 Å². The molecule has 0 spiro atoms. The van der Waals surface area contributed by atoms with E-state index in [4.69, 9.17) is 0 Å². The molecule has 2 N–H and O–H groups in total. The van der Waals surface area contributed by atoms with E-state index in [0.717, 1.165) is 6.04 Å². The third-order valence-electron chi connectivity index (χ3n) is 3.24. The third-order valence-corrected chi connectivity index (χ3v) is 3.24. The molecule has 1 rings (SSSR count). The second-order valence-electron chi connectivity index (χ2n) is 4.78. The third kappa shape index (κ3) is 6.91. The lowest BCUT2D eigenvalue weighted by Crippen LogP contribution is -2.55. The minimum atomic E-state index is 0.773. The van der Waals surface area contributed by atoms with E-state index in [-0.39, 0.29) is 0 Å². The Labute approximate surface area is 95.2 Å². The summed E-state index contributed by atoms with van der Waals surface area (Å²) >= 11 is 0. The van der Waals surface area contributed by atoms with Crippen molar-refractivity contribution < 1.29 is 0 Å². The molecule has 1 heterocycles. The Balaban J connectivity index is 1.66. The minimum Gasteiger partial charge on any atom is -0.314 e. The van der Waals surface area contributed by atoms with Gasteiger partial charge in [0.15, 0.2) is 0 Å². The zero-order chi connectivity index (χ0) is 10.8. The minimum absolute atomic E-state index is 0.773. The van der Waals surface area contributed by atoms with Gasteiger partial charge in [-0.3, -0.25) is 0 Å². The summed E-state index contributed by atoms with van der Waals surface area (Å²) < 4.78 is 0. The van der Waals surface area contributed by atoms with Crippen LogP contribution in [0.1, 0.15) is 58.3 Å². The van der Waals surface area contributed by atoms with E-state index in [1.165, 1.54) is 71.0 Å². The molecule has 1 fully saturated rings. The SMILES string of the molecule is CCCCCCCCCCNC1CNC1. The van der Waals surface area contributed by atoms with Crippen LogP contribution in [0.15, 0.2) is 0 Å². The highest BCUT2D eigenvalue weighted by Crippen LogP contribution is 2.07. The first-order valence-electron chi connectivity index (χ1n) is 6.87. The number of unbranched alkanes of at least 4 members (excludes halogenated alkanes) is 7. The molecular weight excluding hydrogens is 184 g/mol. The Morgan fingerprint density at radius 1 is 0.933 bits per heavy atom. The van der Waals surface area contributed by atoms with E-state index in [1.807, 2.05) is 0 Å². The van der Waals surface area contributed by atoms with Crippen molar-refractivity contribution in [2.75, 3.05) is 19.6 Å². The first-order chi connectivity index (χ1) is 7.43. The summed E-state index contributed by atoms with van der Waals surface area (Å²) in [6, 6.07) is 0.773. The van der Waals surface area contributed by atoms with Crippen LogP contribution in [0, 0.1) is 0 Å². The van der Waals surface area contributed by atoms with Crippen LogP contribution in [0.3, 0.4) is 0 Å². The van der Waals surface area contributed by atoms with Crippen LogP contribution < -0.4 is 10.6 Å². The zero-order valence-corrected chi connectivity index (χ0v) is 10.4. The molecule has 15 heavy (non-hydrogen) atoms. The van der Waals surface area contributed by atoms with Gasteiger partial charge in [0.1, 0.15) is 0 Å². The molecule has 2 heteroatoms. The predicted octanol–water partition coefficient (Wildman–Crippen LogP) is 2.69. The lowest BCUT2D eigenvalue weighted by atomic mass is 10.1. The second kappa shape index (κ2) is 9.17. The molecule has 0 aliphatic carbocycles. The summed E-state index contributed by atoms with van der Waals surface area (Å²) in [7, 11) is 0. The quantitative estimate of drug-likeness (QED) is 0.544. The van der Waals surface area contributed by atoms with Crippen molar-refractivity contribution in [3.8, 4) is 0 Å². The molecule has 0 atom stereocenters. The molecule has 1 saturated heterocycles. The van der Waals surface area contributed by atoms with E-state index in [2.05, 4.69) is 17.6 Å². The van der Waals surface area contributed by atoms with Gasteiger partial charge in [-0.2, -0.15) is 0 Å². The lowest BCUT2D eigenvalue weighted by Gasteiger charge is -2.28. The summed E-state index contributed by atoms with van der Waals surface area (Å²) in [5, 5.41) is 6.85. The Kier molecular flexibility index (Phi) is 7.94. The Bertz CT molecular complexity index is 132. The largest absolute Gasteiger partial charge is 0.314 e. The molecular formula is C13H28N2.